The van der Waals surface area contributed by atoms with Crippen molar-refractivity contribution in [3.8, 4) is 17.1 Å². The molecule has 4 bridgehead atoms. The molecule has 10 heteroatoms. The summed E-state index contributed by atoms with van der Waals surface area (Å²) in [7, 11) is -2.63. The predicted octanol–water partition coefficient (Wildman–Crippen LogP) is 6.22. The first kappa shape index (κ1) is 29.8. The van der Waals surface area contributed by atoms with Crippen LogP contribution in [0.25, 0.3) is 11.3 Å². The van der Waals surface area contributed by atoms with Gasteiger partial charge in [-0.05, 0) is 86.6 Å². The summed E-state index contributed by atoms with van der Waals surface area (Å²) in [6.45, 7) is 10.8. The van der Waals surface area contributed by atoms with Crippen LogP contribution in [0.5, 0.6) is 5.88 Å². The van der Waals surface area contributed by atoms with Crippen molar-refractivity contribution in [2.75, 3.05) is 18.4 Å². The van der Waals surface area contributed by atoms with Gasteiger partial charge in [0.2, 0.25) is 11.8 Å². The molecule has 1 saturated carbocycles. The lowest BCUT2D eigenvalue weighted by Crippen LogP contribution is -2.57. The molecule has 1 unspecified atom stereocenters. The van der Waals surface area contributed by atoms with Crippen LogP contribution in [0.2, 0.25) is 0 Å². The Morgan fingerprint density at radius 1 is 1.12 bits per heavy atom. The van der Waals surface area contributed by atoms with E-state index in [0.29, 0.717) is 24.1 Å². The zero-order chi connectivity index (χ0) is 30.2. The largest absolute Gasteiger partial charge is 0.477 e. The third-order valence-electron chi connectivity index (χ3n) is 8.47. The maximum Gasteiger partial charge on any atom is 0.407 e. The molecule has 0 saturated heterocycles. The third kappa shape index (κ3) is 6.23. The van der Waals surface area contributed by atoms with Gasteiger partial charge < -0.3 is 14.8 Å². The van der Waals surface area contributed by atoms with E-state index in [1.54, 1.807) is 24.3 Å². The van der Waals surface area contributed by atoms with E-state index in [9.17, 15) is 13.2 Å². The van der Waals surface area contributed by atoms with Crippen molar-refractivity contribution in [1.82, 2.24) is 15.3 Å². The van der Waals surface area contributed by atoms with Crippen molar-refractivity contribution < 1.29 is 22.7 Å². The molecule has 42 heavy (non-hydrogen) atoms. The second kappa shape index (κ2) is 11.6. The maximum absolute atomic E-state index is 13.7. The topological polar surface area (TPSA) is 120 Å². The summed E-state index contributed by atoms with van der Waals surface area (Å²) in [4.78, 5) is 21.3. The fourth-order valence-electron chi connectivity index (χ4n) is 6.76. The van der Waals surface area contributed by atoms with Crippen molar-refractivity contribution in [2.24, 2.45) is 17.8 Å². The van der Waals surface area contributed by atoms with Gasteiger partial charge in [-0.15, -0.1) is 0 Å². The van der Waals surface area contributed by atoms with E-state index < -0.39 is 21.7 Å². The summed E-state index contributed by atoms with van der Waals surface area (Å²) < 4.78 is 41.2. The van der Waals surface area contributed by atoms with Gasteiger partial charge in [-0.1, -0.05) is 44.2 Å². The summed E-state index contributed by atoms with van der Waals surface area (Å²) in [5, 5.41) is 2.98. The van der Waals surface area contributed by atoms with Gasteiger partial charge in [-0.3, -0.25) is 0 Å². The lowest BCUT2D eigenvalue weighted by atomic mass is 9.59. The Bertz CT molecular complexity index is 1560. The summed E-state index contributed by atoms with van der Waals surface area (Å²) in [5.74, 6) is 0.964. The van der Waals surface area contributed by atoms with Gasteiger partial charge in [0, 0.05) is 23.1 Å². The highest BCUT2D eigenvalue weighted by atomic mass is 32.2. The number of ether oxygens (including phenoxy) is 2. The minimum atomic E-state index is -3.99. The molecule has 2 aromatic carbocycles. The van der Waals surface area contributed by atoms with Crippen molar-refractivity contribution in [2.45, 2.75) is 70.2 Å². The van der Waals surface area contributed by atoms with Crippen LogP contribution >= 0.6 is 0 Å². The molecule has 2 atom stereocenters. The van der Waals surface area contributed by atoms with Gasteiger partial charge >= 0.3 is 6.09 Å². The van der Waals surface area contributed by atoms with Crippen LogP contribution < -0.4 is 14.8 Å². The van der Waals surface area contributed by atoms with Gasteiger partial charge in [0.05, 0.1) is 24.3 Å². The number of nitrogens with zero attached hydrogens (tertiary/aromatic N) is 2. The Labute approximate surface area is 248 Å². The minimum absolute atomic E-state index is 0.00823. The zero-order valence-corrected chi connectivity index (χ0v) is 25.9. The Morgan fingerprint density at radius 2 is 1.81 bits per heavy atom. The molecule has 1 aromatic heterocycles. The van der Waals surface area contributed by atoms with Gasteiger partial charge in [-0.25, -0.2) is 22.9 Å². The monoisotopic (exact) mass is 592 g/mol. The number of fused-ring (bicyclic) bond motifs is 4. The van der Waals surface area contributed by atoms with Crippen molar-refractivity contribution in [3.05, 3.63) is 65.2 Å². The Hall–Kier alpha value is -3.66. The van der Waals surface area contributed by atoms with E-state index in [0.717, 1.165) is 41.5 Å². The fourth-order valence-corrected chi connectivity index (χ4v) is 7.75. The number of hydrogen-bond acceptors (Lipinski definition) is 7. The van der Waals surface area contributed by atoms with E-state index >= 15 is 0 Å². The van der Waals surface area contributed by atoms with Crippen LogP contribution in [-0.2, 0) is 14.8 Å². The SMILES string of the molecule is COC(=O)NC1(C)CC(C2c3cccc(c3)S(=O)(=O)Nc3nc(cc(-c4c(C)cccc4C)n3)OC[C@H]2CC(C)C)C1. The summed E-state index contributed by atoms with van der Waals surface area (Å²) in [6.07, 6.45) is 1.91. The molecule has 1 aliphatic carbocycles. The molecule has 9 nitrogen and oxygen atoms in total. The molecule has 1 amide bonds. The first-order valence-corrected chi connectivity index (χ1v) is 15.9. The number of amides is 1. The van der Waals surface area contributed by atoms with Crippen molar-refractivity contribution in [3.63, 3.8) is 0 Å². The summed E-state index contributed by atoms with van der Waals surface area (Å²) in [6, 6.07) is 14.9. The number of anilines is 1. The molecule has 224 valence electrons. The number of alkyl carbamates (subject to hydrolysis) is 1. The average Bonchev–Trinajstić information content (AvgIpc) is 2.90. The number of nitrogens with one attached hydrogen (secondary N) is 2. The van der Waals surface area contributed by atoms with Crippen LogP contribution in [0, 0.1) is 31.6 Å². The second-order valence-corrected chi connectivity index (χ2v) is 14.1. The first-order chi connectivity index (χ1) is 19.9. The molecule has 1 fully saturated rings. The minimum Gasteiger partial charge on any atom is -0.477 e. The Kier molecular flexibility index (Phi) is 8.20. The van der Waals surface area contributed by atoms with E-state index in [1.165, 1.54) is 7.11 Å². The molecule has 3 aromatic rings. The number of rotatable bonds is 5. The summed E-state index contributed by atoms with van der Waals surface area (Å²) in [5.41, 5.74) is 4.11. The highest BCUT2D eigenvalue weighted by Gasteiger charge is 2.47. The zero-order valence-electron chi connectivity index (χ0n) is 25.1. The van der Waals surface area contributed by atoms with Gasteiger partial charge in [0.1, 0.15) is 0 Å². The highest BCUT2D eigenvalue weighted by Crippen LogP contribution is 2.50. The molecule has 2 aliphatic rings. The summed E-state index contributed by atoms with van der Waals surface area (Å²) >= 11 is 0. The van der Waals surface area contributed by atoms with Crippen molar-refractivity contribution in [1.29, 1.82) is 0 Å². The van der Waals surface area contributed by atoms with Gasteiger partial charge in [0.25, 0.3) is 10.0 Å². The molecule has 1 aliphatic heterocycles. The number of carbonyl (C=O) groups is 1. The fraction of sp³-hybridized carbons (Fsp3) is 0.469. The lowest BCUT2D eigenvalue weighted by Gasteiger charge is -2.50. The van der Waals surface area contributed by atoms with Crippen LogP contribution in [0.3, 0.4) is 0 Å². The van der Waals surface area contributed by atoms with Crippen LogP contribution in [0.1, 0.15) is 62.6 Å². The van der Waals surface area contributed by atoms with Crippen LogP contribution in [0.4, 0.5) is 10.7 Å². The van der Waals surface area contributed by atoms with E-state index in [4.69, 9.17) is 9.47 Å². The molecule has 2 N–H and O–H groups in total. The Morgan fingerprint density at radius 3 is 2.48 bits per heavy atom. The molecular weight excluding hydrogens is 552 g/mol. The van der Waals surface area contributed by atoms with Gasteiger partial charge in [-0.2, -0.15) is 4.98 Å². The number of carbonyl (C=O) groups excluding carboxylic acids is 1. The number of benzene rings is 2. The average molecular weight is 593 g/mol. The molecule has 0 spiro atoms. The number of methoxy groups -OCH3 is 1. The Balaban J connectivity index is 1.59. The molecule has 2 heterocycles. The van der Waals surface area contributed by atoms with E-state index in [2.05, 4.69) is 33.9 Å². The highest BCUT2D eigenvalue weighted by molar-refractivity contribution is 7.92. The second-order valence-electron chi connectivity index (χ2n) is 12.4. The lowest BCUT2D eigenvalue weighted by molar-refractivity contribution is 0.0562. The number of hydrogen-bond donors (Lipinski definition) is 2. The van der Waals surface area contributed by atoms with Gasteiger partial charge in [0.15, 0.2) is 0 Å². The smallest absolute Gasteiger partial charge is 0.407 e. The van der Waals surface area contributed by atoms with Crippen LogP contribution in [0.15, 0.2) is 53.4 Å². The molecule has 0 radical (unpaired) electrons. The molecular formula is C32H40N4O5S. The maximum atomic E-state index is 13.7. The standard InChI is InChI=1S/C32H40N4O5S/c1-19(2)13-23-18-41-27-15-26(28-20(3)9-7-10-21(28)4)33-30(34-27)36-42(38,39)25-12-8-11-22(14-25)29(23)24-16-32(5,17-24)35-31(37)40-6/h7-12,14-15,19,23-24,29H,13,16-18H2,1-6H3,(H,35,37)(H,33,34,36)/t23-,24?,29?,32?/m1/s1. The van der Waals surface area contributed by atoms with E-state index in [1.807, 2.05) is 45.0 Å². The quantitative estimate of drug-likeness (QED) is 0.361. The predicted molar refractivity (Wildman–Crippen MR) is 162 cm³/mol. The molecule has 5 rings (SSSR count). The normalized spacial score (nSPS) is 24.7. The van der Waals surface area contributed by atoms with Crippen molar-refractivity contribution >= 4 is 22.1 Å². The number of aryl methyl sites for hydroxylation is 2. The third-order valence-corrected chi connectivity index (χ3v) is 9.79. The number of aromatic nitrogens is 2. The van der Waals surface area contributed by atoms with Crippen LogP contribution in [-0.4, -0.2) is 43.7 Å². The van der Waals surface area contributed by atoms with E-state index in [-0.39, 0.29) is 28.6 Å². The number of sulfonamides is 1. The first-order valence-electron chi connectivity index (χ1n) is 14.4.